The number of anilines is 1. The molecule has 0 aliphatic heterocycles. The number of methoxy groups -OCH3 is 2. The number of benzene rings is 2. The van der Waals surface area contributed by atoms with E-state index in [0.717, 1.165) is 16.5 Å². The fourth-order valence-electron chi connectivity index (χ4n) is 3.04. The molecule has 28 heavy (non-hydrogen) atoms. The Morgan fingerprint density at radius 3 is 2.61 bits per heavy atom. The molecule has 0 aliphatic carbocycles. The first-order valence-electron chi connectivity index (χ1n) is 8.94. The molecule has 0 unspecified atom stereocenters. The average Bonchev–Trinajstić information content (AvgIpc) is 2.71. The molecule has 0 bridgehead atoms. The van der Waals surface area contributed by atoms with Gasteiger partial charge in [0, 0.05) is 36.1 Å². The van der Waals surface area contributed by atoms with Crippen LogP contribution in [0.1, 0.15) is 12.5 Å². The summed E-state index contributed by atoms with van der Waals surface area (Å²) in [6.45, 7) is 2.68. The van der Waals surface area contributed by atoms with Gasteiger partial charge in [0.05, 0.1) is 19.9 Å². The summed E-state index contributed by atoms with van der Waals surface area (Å²) < 4.78 is 10.5. The minimum Gasteiger partial charge on any atom is -0.497 e. The maximum atomic E-state index is 12.8. The lowest BCUT2D eigenvalue weighted by Gasteiger charge is -2.23. The number of aromatic nitrogens is 1. The number of H-pyrrole nitrogens is 1. The van der Waals surface area contributed by atoms with Crippen LogP contribution < -0.4 is 20.3 Å². The van der Waals surface area contributed by atoms with Gasteiger partial charge in [-0.15, -0.1) is 0 Å². The number of ether oxygens (including phenoxy) is 2. The lowest BCUT2D eigenvalue weighted by Crippen LogP contribution is -2.34. The summed E-state index contributed by atoms with van der Waals surface area (Å²) in [5.41, 5.74) is 1.89. The molecule has 0 saturated heterocycles. The third-order valence-electron chi connectivity index (χ3n) is 4.52. The molecule has 0 radical (unpaired) electrons. The van der Waals surface area contributed by atoms with E-state index in [4.69, 9.17) is 9.47 Å². The molecule has 2 aromatic carbocycles. The first-order valence-corrected chi connectivity index (χ1v) is 8.94. The molecule has 0 atom stereocenters. The molecule has 0 aliphatic rings. The van der Waals surface area contributed by atoms with Crippen molar-refractivity contribution in [3.8, 4) is 11.5 Å². The third kappa shape index (κ3) is 4.09. The van der Waals surface area contributed by atoms with Crippen LogP contribution in [0.25, 0.3) is 10.9 Å². The van der Waals surface area contributed by atoms with Gasteiger partial charge in [0.15, 0.2) is 0 Å². The van der Waals surface area contributed by atoms with Crippen LogP contribution in [0.4, 0.5) is 10.5 Å². The Bertz CT molecular complexity index is 1050. The van der Waals surface area contributed by atoms with E-state index < -0.39 is 0 Å². The fourth-order valence-corrected chi connectivity index (χ4v) is 3.04. The van der Waals surface area contributed by atoms with Gasteiger partial charge in [-0.3, -0.25) is 4.79 Å². The molecule has 2 N–H and O–H groups in total. The predicted octanol–water partition coefficient (Wildman–Crippen LogP) is 3.60. The zero-order valence-corrected chi connectivity index (χ0v) is 16.1. The highest BCUT2D eigenvalue weighted by molar-refractivity contribution is 5.91. The van der Waals surface area contributed by atoms with Crippen molar-refractivity contribution in [3.05, 3.63) is 64.4 Å². The number of aromatic amines is 1. The summed E-state index contributed by atoms with van der Waals surface area (Å²) in [6, 6.07) is 14.0. The second-order valence-corrected chi connectivity index (χ2v) is 6.21. The van der Waals surface area contributed by atoms with Crippen LogP contribution in [-0.4, -0.2) is 36.7 Å². The Labute approximate surface area is 162 Å². The van der Waals surface area contributed by atoms with Gasteiger partial charge < -0.3 is 24.7 Å². The van der Waals surface area contributed by atoms with Crippen LogP contribution in [0.3, 0.4) is 0 Å². The standard InChI is InChI=1S/C21H23N3O4/c1-4-24(13-14-11-20(25)22-17-8-6-5-7-16(14)17)21(26)23-18-10-9-15(27-2)12-19(18)28-3/h5-12H,4,13H2,1-3H3,(H,22,25)(H,23,26). The lowest BCUT2D eigenvalue weighted by molar-refractivity contribution is 0.212. The molecule has 3 aromatic rings. The zero-order chi connectivity index (χ0) is 20.1. The van der Waals surface area contributed by atoms with Crippen LogP contribution in [0.2, 0.25) is 0 Å². The minimum atomic E-state index is -0.282. The van der Waals surface area contributed by atoms with Crippen molar-refractivity contribution in [2.24, 2.45) is 0 Å². The van der Waals surface area contributed by atoms with Crippen molar-refractivity contribution < 1.29 is 14.3 Å². The maximum Gasteiger partial charge on any atom is 0.322 e. The molecular formula is C21H23N3O4. The number of carbonyl (C=O) groups is 1. The highest BCUT2D eigenvalue weighted by Gasteiger charge is 2.16. The molecule has 7 heteroatoms. The number of nitrogens with one attached hydrogen (secondary N) is 2. The van der Waals surface area contributed by atoms with E-state index in [2.05, 4.69) is 10.3 Å². The van der Waals surface area contributed by atoms with Gasteiger partial charge in [-0.05, 0) is 30.7 Å². The third-order valence-corrected chi connectivity index (χ3v) is 4.52. The van der Waals surface area contributed by atoms with Crippen molar-refractivity contribution in [2.45, 2.75) is 13.5 Å². The molecule has 0 fully saturated rings. The van der Waals surface area contributed by atoms with Gasteiger partial charge in [-0.1, -0.05) is 18.2 Å². The quantitative estimate of drug-likeness (QED) is 0.683. The van der Waals surface area contributed by atoms with Gasteiger partial charge in [0.2, 0.25) is 5.56 Å². The number of fused-ring (bicyclic) bond motifs is 1. The summed E-state index contributed by atoms with van der Waals surface area (Å²) in [5.74, 6) is 1.14. The van der Waals surface area contributed by atoms with E-state index in [0.29, 0.717) is 30.3 Å². The van der Waals surface area contributed by atoms with Crippen molar-refractivity contribution in [1.82, 2.24) is 9.88 Å². The number of rotatable bonds is 6. The number of pyridine rings is 1. The molecular weight excluding hydrogens is 358 g/mol. The van der Waals surface area contributed by atoms with Crippen LogP contribution in [0.5, 0.6) is 11.5 Å². The van der Waals surface area contributed by atoms with Crippen molar-refractivity contribution in [1.29, 1.82) is 0 Å². The topological polar surface area (TPSA) is 83.7 Å². The summed E-state index contributed by atoms with van der Waals surface area (Å²) in [7, 11) is 3.10. The molecule has 2 amide bonds. The van der Waals surface area contributed by atoms with Crippen molar-refractivity contribution in [3.63, 3.8) is 0 Å². The second kappa shape index (κ2) is 8.47. The van der Waals surface area contributed by atoms with Crippen LogP contribution in [0.15, 0.2) is 53.3 Å². The number of nitrogens with zero attached hydrogens (tertiary/aromatic N) is 1. The first kappa shape index (κ1) is 19.3. The molecule has 1 aromatic heterocycles. The first-order chi connectivity index (χ1) is 13.5. The van der Waals surface area contributed by atoms with E-state index in [1.807, 2.05) is 31.2 Å². The van der Waals surface area contributed by atoms with Crippen LogP contribution in [-0.2, 0) is 6.54 Å². The number of urea groups is 1. The highest BCUT2D eigenvalue weighted by atomic mass is 16.5. The van der Waals surface area contributed by atoms with Crippen LogP contribution in [0, 0.1) is 0 Å². The van der Waals surface area contributed by atoms with Gasteiger partial charge in [0.25, 0.3) is 0 Å². The van der Waals surface area contributed by atoms with E-state index in [9.17, 15) is 9.59 Å². The summed E-state index contributed by atoms with van der Waals surface area (Å²) in [6.07, 6.45) is 0. The normalized spacial score (nSPS) is 10.5. The van der Waals surface area contributed by atoms with Gasteiger partial charge in [-0.2, -0.15) is 0 Å². The fraction of sp³-hybridized carbons (Fsp3) is 0.238. The molecule has 0 spiro atoms. The molecule has 0 saturated carbocycles. The summed E-state index contributed by atoms with van der Waals surface area (Å²) >= 11 is 0. The van der Waals surface area contributed by atoms with E-state index in [-0.39, 0.29) is 11.6 Å². The van der Waals surface area contributed by atoms with Gasteiger partial charge in [0.1, 0.15) is 11.5 Å². The Morgan fingerprint density at radius 2 is 1.89 bits per heavy atom. The molecule has 3 rings (SSSR count). The lowest BCUT2D eigenvalue weighted by atomic mass is 10.1. The van der Waals surface area contributed by atoms with Gasteiger partial charge in [-0.25, -0.2) is 4.79 Å². The molecule has 7 nitrogen and oxygen atoms in total. The summed E-state index contributed by atoms with van der Waals surface area (Å²) in [4.78, 5) is 29.3. The second-order valence-electron chi connectivity index (χ2n) is 6.21. The molecule has 146 valence electrons. The number of para-hydroxylation sites is 1. The maximum absolute atomic E-state index is 12.8. The largest absolute Gasteiger partial charge is 0.497 e. The smallest absolute Gasteiger partial charge is 0.322 e. The number of hydrogen-bond donors (Lipinski definition) is 2. The van der Waals surface area contributed by atoms with E-state index >= 15 is 0 Å². The number of carbonyl (C=O) groups excluding carboxylic acids is 1. The van der Waals surface area contributed by atoms with Crippen LogP contribution >= 0.6 is 0 Å². The zero-order valence-electron chi connectivity index (χ0n) is 16.1. The monoisotopic (exact) mass is 381 g/mol. The van der Waals surface area contributed by atoms with E-state index in [1.54, 1.807) is 30.2 Å². The summed E-state index contributed by atoms with van der Waals surface area (Å²) in [5, 5.41) is 3.78. The number of amides is 2. The Balaban J connectivity index is 1.85. The highest BCUT2D eigenvalue weighted by Crippen LogP contribution is 2.29. The Kier molecular flexibility index (Phi) is 5.84. The predicted molar refractivity (Wildman–Crippen MR) is 109 cm³/mol. The van der Waals surface area contributed by atoms with E-state index in [1.165, 1.54) is 13.2 Å². The van der Waals surface area contributed by atoms with Crippen molar-refractivity contribution >= 4 is 22.6 Å². The minimum absolute atomic E-state index is 0.193. The Hall–Kier alpha value is -3.48. The SMILES string of the molecule is CCN(Cc1cc(=O)[nH]c2ccccc12)C(=O)Nc1ccc(OC)cc1OC. The molecule has 1 heterocycles. The van der Waals surface area contributed by atoms with Gasteiger partial charge >= 0.3 is 6.03 Å². The number of hydrogen-bond acceptors (Lipinski definition) is 4. The van der Waals surface area contributed by atoms with Crippen molar-refractivity contribution in [2.75, 3.05) is 26.1 Å². The Morgan fingerprint density at radius 1 is 1.11 bits per heavy atom. The average molecular weight is 381 g/mol.